The van der Waals surface area contributed by atoms with Gasteiger partial charge in [0, 0.05) is 6.07 Å². The number of hydrogen-bond donors (Lipinski definition) is 1. The van der Waals surface area contributed by atoms with Gasteiger partial charge in [-0.05, 0) is 53.0 Å². The van der Waals surface area contributed by atoms with Crippen LogP contribution in [-0.2, 0) is 9.53 Å². The number of ether oxygens (including phenoxy) is 2. The zero-order valence-electron chi connectivity index (χ0n) is 15.5. The average Bonchev–Trinajstić information content (AvgIpc) is 2.67. The van der Waals surface area contributed by atoms with E-state index in [1.807, 2.05) is 30.3 Å². The lowest BCUT2D eigenvalue weighted by Crippen LogP contribution is -2.37. The monoisotopic (exact) mass is 458 g/mol. The van der Waals surface area contributed by atoms with Gasteiger partial charge in [0.15, 0.2) is 11.0 Å². The van der Waals surface area contributed by atoms with Gasteiger partial charge in [-0.15, -0.1) is 0 Å². The Hall–Kier alpha value is -2.64. The summed E-state index contributed by atoms with van der Waals surface area (Å²) in [5.74, 6) is -0.0489. The molecule has 0 aliphatic heterocycles. The summed E-state index contributed by atoms with van der Waals surface area (Å²) >= 11 is 3.43. The molecular formula is C22H19BrO6. The van der Waals surface area contributed by atoms with Crippen molar-refractivity contribution in [1.29, 1.82) is 0 Å². The molecule has 1 saturated carbocycles. The van der Waals surface area contributed by atoms with Crippen LogP contribution in [0.25, 0.3) is 22.3 Å². The van der Waals surface area contributed by atoms with E-state index in [9.17, 15) is 9.59 Å². The highest BCUT2D eigenvalue weighted by atomic mass is 79.9. The molecule has 1 aliphatic carbocycles. The van der Waals surface area contributed by atoms with Crippen LogP contribution in [0.15, 0.2) is 62.2 Å². The lowest BCUT2D eigenvalue weighted by Gasteiger charge is -2.32. The molecule has 1 fully saturated rings. The average molecular weight is 459 g/mol. The van der Waals surface area contributed by atoms with E-state index in [0.717, 1.165) is 0 Å². The largest absolute Gasteiger partial charge is 0.490 e. The standard InChI is InChI=1S/C22H19BrO6/c23-17-6-3-5-15-18(24)12-20(29-21(15)17)16-4-1-2-7-19(16)28-9-8-27-14-10-13(11-14)22(25)26/h1-7,12-14H,8-11H2,(H,25,26). The second kappa shape index (κ2) is 8.39. The lowest BCUT2D eigenvalue weighted by molar-refractivity contribution is -0.151. The molecule has 3 aromatic rings. The Labute approximate surface area is 175 Å². The minimum absolute atomic E-state index is 0.0224. The summed E-state index contributed by atoms with van der Waals surface area (Å²) in [5.41, 5.74) is 1.04. The molecule has 4 rings (SSSR count). The summed E-state index contributed by atoms with van der Waals surface area (Å²) < 4.78 is 18.2. The van der Waals surface area contributed by atoms with E-state index in [-0.39, 0.29) is 17.5 Å². The fourth-order valence-electron chi connectivity index (χ4n) is 3.34. The molecule has 6 nitrogen and oxygen atoms in total. The van der Waals surface area contributed by atoms with E-state index in [2.05, 4.69) is 15.9 Å². The van der Waals surface area contributed by atoms with Crippen LogP contribution in [0.4, 0.5) is 0 Å². The smallest absolute Gasteiger partial charge is 0.306 e. The second-order valence-corrected chi connectivity index (χ2v) is 7.79. The fourth-order valence-corrected chi connectivity index (χ4v) is 3.79. The molecule has 1 N–H and O–H groups in total. The summed E-state index contributed by atoms with van der Waals surface area (Å²) in [7, 11) is 0. The van der Waals surface area contributed by atoms with E-state index in [0.29, 0.717) is 58.6 Å². The normalized spacial score (nSPS) is 18.4. The highest BCUT2D eigenvalue weighted by Crippen LogP contribution is 2.33. The maximum atomic E-state index is 12.5. The van der Waals surface area contributed by atoms with Gasteiger partial charge in [0.1, 0.15) is 18.1 Å². The van der Waals surface area contributed by atoms with Gasteiger partial charge in [-0.25, -0.2) is 0 Å². The van der Waals surface area contributed by atoms with Crippen LogP contribution >= 0.6 is 15.9 Å². The van der Waals surface area contributed by atoms with Crippen molar-refractivity contribution in [3.8, 4) is 17.1 Å². The summed E-state index contributed by atoms with van der Waals surface area (Å²) in [6.45, 7) is 0.672. The molecule has 0 bridgehead atoms. The van der Waals surface area contributed by atoms with Crippen molar-refractivity contribution in [3.05, 3.63) is 63.2 Å². The Morgan fingerprint density at radius 3 is 2.72 bits per heavy atom. The number of aliphatic carboxylic acids is 1. The number of carbonyl (C=O) groups is 1. The van der Waals surface area contributed by atoms with E-state index < -0.39 is 5.97 Å². The first-order valence-corrected chi connectivity index (χ1v) is 10.1. The van der Waals surface area contributed by atoms with Crippen molar-refractivity contribution in [2.75, 3.05) is 13.2 Å². The number of carboxylic acids is 1. The molecule has 150 valence electrons. The molecule has 0 radical (unpaired) electrons. The third kappa shape index (κ3) is 4.21. The van der Waals surface area contributed by atoms with Crippen LogP contribution in [0.1, 0.15) is 12.8 Å². The first kappa shape index (κ1) is 19.7. The second-order valence-electron chi connectivity index (χ2n) is 6.94. The SMILES string of the molecule is O=C(O)C1CC(OCCOc2ccccc2-c2cc(=O)c3cccc(Br)c3o2)C1. The Bertz CT molecular complexity index is 1100. The number of halogens is 1. The van der Waals surface area contributed by atoms with Gasteiger partial charge in [-0.1, -0.05) is 18.2 Å². The van der Waals surface area contributed by atoms with Crippen LogP contribution in [0.3, 0.4) is 0 Å². The molecular weight excluding hydrogens is 440 g/mol. The summed E-state index contributed by atoms with van der Waals surface area (Å²) in [6, 6.07) is 14.1. The molecule has 0 unspecified atom stereocenters. The van der Waals surface area contributed by atoms with Crippen LogP contribution < -0.4 is 10.2 Å². The van der Waals surface area contributed by atoms with Crippen LogP contribution in [0, 0.1) is 5.92 Å². The lowest BCUT2D eigenvalue weighted by atomic mass is 9.82. The van der Waals surface area contributed by atoms with E-state index >= 15 is 0 Å². The molecule has 0 amide bonds. The van der Waals surface area contributed by atoms with Gasteiger partial charge in [-0.3, -0.25) is 9.59 Å². The van der Waals surface area contributed by atoms with Crippen molar-refractivity contribution in [2.45, 2.75) is 18.9 Å². The molecule has 7 heteroatoms. The van der Waals surface area contributed by atoms with Gasteiger partial charge in [-0.2, -0.15) is 0 Å². The van der Waals surface area contributed by atoms with Crippen LogP contribution in [-0.4, -0.2) is 30.4 Å². The highest BCUT2D eigenvalue weighted by Gasteiger charge is 2.34. The van der Waals surface area contributed by atoms with E-state index in [4.69, 9.17) is 19.0 Å². The first-order chi connectivity index (χ1) is 14.0. The third-order valence-electron chi connectivity index (χ3n) is 5.00. The Balaban J connectivity index is 1.46. The van der Waals surface area contributed by atoms with Crippen LogP contribution in [0.2, 0.25) is 0 Å². The van der Waals surface area contributed by atoms with Gasteiger partial charge in [0.05, 0.1) is 34.1 Å². The summed E-state index contributed by atoms with van der Waals surface area (Å²) in [5, 5.41) is 9.41. The minimum Gasteiger partial charge on any atom is -0.490 e. The molecule has 0 atom stereocenters. The van der Waals surface area contributed by atoms with Crippen LogP contribution in [0.5, 0.6) is 5.75 Å². The number of carboxylic acid groups (broad SMARTS) is 1. The number of para-hydroxylation sites is 2. The maximum absolute atomic E-state index is 12.5. The zero-order chi connectivity index (χ0) is 20.4. The quantitative estimate of drug-likeness (QED) is 0.525. The third-order valence-corrected chi connectivity index (χ3v) is 5.62. The molecule has 1 heterocycles. The maximum Gasteiger partial charge on any atom is 0.306 e. The first-order valence-electron chi connectivity index (χ1n) is 9.32. The molecule has 1 aliphatic rings. The fraction of sp³-hybridized carbons (Fsp3) is 0.273. The summed E-state index contributed by atoms with van der Waals surface area (Å²) in [6.07, 6.45) is 1.07. The van der Waals surface area contributed by atoms with Crippen molar-refractivity contribution in [3.63, 3.8) is 0 Å². The van der Waals surface area contributed by atoms with E-state index in [1.54, 1.807) is 12.1 Å². The Morgan fingerprint density at radius 2 is 1.93 bits per heavy atom. The molecule has 2 aromatic carbocycles. The Morgan fingerprint density at radius 1 is 1.14 bits per heavy atom. The van der Waals surface area contributed by atoms with E-state index in [1.165, 1.54) is 6.07 Å². The molecule has 29 heavy (non-hydrogen) atoms. The predicted molar refractivity (Wildman–Crippen MR) is 111 cm³/mol. The highest BCUT2D eigenvalue weighted by molar-refractivity contribution is 9.10. The minimum atomic E-state index is -0.765. The Kier molecular flexibility index (Phi) is 5.69. The number of hydrogen-bond acceptors (Lipinski definition) is 5. The van der Waals surface area contributed by atoms with Gasteiger partial charge in [0.2, 0.25) is 0 Å². The van der Waals surface area contributed by atoms with Crippen molar-refractivity contribution in [1.82, 2.24) is 0 Å². The topological polar surface area (TPSA) is 86.0 Å². The molecule has 0 spiro atoms. The number of rotatable bonds is 7. The molecule has 1 aromatic heterocycles. The van der Waals surface area contributed by atoms with Gasteiger partial charge >= 0.3 is 5.97 Å². The number of benzene rings is 2. The molecule has 0 saturated heterocycles. The van der Waals surface area contributed by atoms with Crippen molar-refractivity contribution in [2.24, 2.45) is 5.92 Å². The van der Waals surface area contributed by atoms with Crippen molar-refractivity contribution >= 4 is 32.9 Å². The zero-order valence-corrected chi connectivity index (χ0v) is 17.1. The predicted octanol–water partition coefficient (Wildman–Crippen LogP) is 4.48. The van der Waals surface area contributed by atoms with Gasteiger partial charge in [0.25, 0.3) is 0 Å². The van der Waals surface area contributed by atoms with Crippen molar-refractivity contribution < 1.29 is 23.8 Å². The van der Waals surface area contributed by atoms with Gasteiger partial charge < -0.3 is 19.0 Å². The summed E-state index contributed by atoms with van der Waals surface area (Å²) in [4.78, 5) is 23.3. The number of fused-ring (bicyclic) bond motifs is 1.